The molecule has 0 aromatic heterocycles. The lowest BCUT2D eigenvalue weighted by molar-refractivity contribution is -0.121. The van der Waals surface area contributed by atoms with Crippen LogP contribution in [0.1, 0.15) is 6.92 Å². The van der Waals surface area contributed by atoms with Crippen LogP contribution in [0.5, 0.6) is 0 Å². The van der Waals surface area contributed by atoms with Gasteiger partial charge < -0.3 is 15.9 Å². The first kappa shape index (κ1) is 10.6. The molecule has 1 amide bonds. The van der Waals surface area contributed by atoms with Crippen molar-refractivity contribution in [3.63, 3.8) is 0 Å². The third kappa shape index (κ3) is 6.04. The summed E-state index contributed by atoms with van der Waals surface area (Å²) >= 11 is 0. The smallest absolute Gasteiger partial charge is 0.236 e. The molecule has 0 aromatic rings. The summed E-state index contributed by atoms with van der Waals surface area (Å²) in [6.07, 6.45) is 0.114. The van der Waals surface area contributed by atoms with E-state index in [-0.39, 0.29) is 18.6 Å². The van der Waals surface area contributed by atoms with Gasteiger partial charge in [-0.3, -0.25) is 9.36 Å². The maximum atomic E-state index is 10.7. The largest absolute Gasteiger partial charge is 0.354 e. The van der Waals surface area contributed by atoms with Crippen LogP contribution < -0.4 is 11.1 Å². The molecule has 0 bridgehead atoms. The quantitative estimate of drug-likeness (QED) is 0.479. The SMILES string of the molecule is C[C@H](N)C(=O)NCC[PH](=O)O. The molecule has 0 fully saturated rings. The van der Waals surface area contributed by atoms with Gasteiger partial charge >= 0.3 is 0 Å². The number of rotatable bonds is 4. The lowest BCUT2D eigenvalue weighted by Crippen LogP contribution is -2.39. The molecule has 0 saturated carbocycles. The van der Waals surface area contributed by atoms with Gasteiger partial charge in [-0.05, 0) is 6.92 Å². The molecule has 0 rings (SSSR count). The van der Waals surface area contributed by atoms with Crippen LogP contribution in [-0.2, 0) is 9.36 Å². The second-order valence-electron chi connectivity index (χ2n) is 2.22. The van der Waals surface area contributed by atoms with Gasteiger partial charge in [0.15, 0.2) is 8.03 Å². The summed E-state index contributed by atoms with van der Waals surface area (Å²) in [6, 6.07) is -0.559. The molecule has 0 aliphatic heterocycles. The van der Waals surface area contributed by atoms with Crippen molar-refractivity contribution in [1.82, 2.24) is 5.32 Å². The van der Waals surface area contributed by atoms with Crippen molar-refractivity contribution in [3.05, 3.63) is 0 Å². The van der Waals surface area contributed by atoms with E-state index in [1.165, 1.54) is 0 Å². The zero-order valence-electron chi connectivity index (χ0n) is 6.33. The van der Waals surface area contributed by atoms with Gasteiger partial charge in [-0.2, -0.15) is 0 Å². The van der Waals surface area contributed by atoms with E-state index in [1.54, 1.807) is 6.92 Å². The summed E-state index contributed by atoms with van der Waals surface area (Å²) in [5.41, 5.74) is 5.21. The third-order valence-corrected chi connectivity index (χ3v) is 1.73. The molecule has 4 N–H and O–H groups in total. The molecule has 0 heterocycles. The Bertz CT molecular complexity index is 160. The zero-order valence-corrected chi connectivity index (χ0v) is 7.33. The third-order valence-electron chi connectivity index (χ3n) is 1.05. The molecule has 0 saturated heterocycles. The Kier molecular flexibility index (Phi) is 5.11. The highest BCUT2D eigenvalue weighted by Gasteiger charge is 2.05. The molecule has 0 spiro atoms. The number of hydrogen-bond acceptors (Lipinski definition) is 3. The summed E-state index contributed by atoms with van der Waals surface area (Å²) in [6.45, 7) is 1.77. The Hall–Kier alpha value is -0.380. The van der Waals surface area contributed by atoms with E-state index < -0.39 is 14.1 Å². The average molecular weight is 180 g/mol. The monoisotopic (exact) mass is 180 g/mol. The molecule has 5 nitrogen and oxygen atoms in total. The van der Waals surface area contributed by atoms with E-state index in [4.69, 9.17) is 10.6 Å². The van der Waals surface area contributed by atoms with Crippen LogP contribution in [0.3, 0.4) is 0 Å². The van der Waals surface area contributed by atoms with Crippen LogP contribution in [0, 0.1) is 0 Å². The van der Waals surface area contributed by atoms with Gasteiger partial charge in [0.05, 0.1) is 6.04 Å². The number of carbonyl (C=O) groups excluding carboxylic acids is 1. The van der Waals surface area contributed by atoms with Gasteiger partial charge in [-0.1, -0.05) is 0 Å². The number of nitrogens with one attached hydrogen (secondary N) is 1. The van der Waals surface area contributed by atoms with Gasteiger partial charge in [-0.25, -0.2) is 0 Å². The van der Waals surface area contributed by atoms with Crippen LogP contribution in [0.2, 0.25) is 0 Å². The first-order chi connectivity index (χ1) is 5.04. The van der Waals surface area contributed by atoms with Crippen molar-refractivity contribution < 1.29 is 14.3 Å². The number of carbonyl (C=O) groups is 1. The summed E-state index contributed by atoms with van der Waals surface area (Å²) in [5, 5.41) is 2.41. The van der Waals surface area contributed by atoms with Crippen molar-refractivity contribution in [2.24, 2.45) is 5.73 Å². The molecule has 11 heavy (non-hydrogen) atoms. The van der Waals surface area contributed by atoms with Crippen molar-refractivity contribution in [2.45, 2.75) is 13.0 Å². The van der Waals surface area contributed by atoms with Crippen LogP contribution in [0.4, 0.5) is 0 Å². The van der Waals surface area contributed by atoms with Crippen molar-refractivity contribution in [1.29, 1.82) is 0 Å². The molecular formula is C5H13N2O3P. The lowest BCUT2D eigenvalue weighted by atomic mass is 10.3. The molecule has 0 aromatic carbocycles. The fraction of sp³-hybridized carbons (Fsp3) is 0.800. The van der Waals surface area contributed by atoms with Gasteiger partial charge in [-0.15, -0.1) is 0 Å². The first-order valence-electron chi connectivity index (χ1n) is 3.29. The Balaban J connectivity index is 3.39. The topological polar surface area (TPSA) is 92.4 Å². The molecule has 6 heteroatoms. The molecule has 0 aliphatic carbocycles. The van der Waals surface area contributed by atoms with Crippen LogP contribution in [0.15, 0.2) is 0 Å². The molecular weight excluding hydrogens is 167 g/mol. The van der Waals surface area contributed by atoms with Crippen molar-refractivity contribution in [2.75, 3.05) is 12.7 Å². The molecule has 66 valence electrons. The maximum absolute atomic E-state index is 10.7. The van der Waals surface area contributed by atoms with Gasteiger partial charge in [0.25, 0.3) is 0 Å². The fourth-order valence-corrected chi connectivity index (χ4v) is 0.792. The molecule has 0 aliphatic rings. The molecule has 1 unspecified atom stereocenters. The minimum atomic E-state index is -2.46. The second kappa shape index (κ2) is 5.29. The Morgan fingerprint density at radius 2 is 2.36 bits per heavy atom. The second-order valence-corrected chi connectivity index (χ2v) is 3.51. The molecule has 0 radical (unpaired) electrons. The Labute approximate surface area is 65.8 Å². The van der Waals surface area contributed by atoms with E-state index >= 15 is 0 Å². The van der Waals surface area contributed by atoms with E-state index in [0.29, 0.717) is 0 Å². The first-order valence-corrected chi connectivity index (χ1v) is 4.85. The molecule has 2 atom stereocenters. The number of hydrogen-bond donors (Lipinski definition) is 3. The normalized spacial score (nSPS) is 15.5. The summed E-state index contributed by atoms with van der Waals surface area (Å²) in [5.74, 6) is -0.298. The Morgan fingerprint density at radius 3 is 2.73 bits per heavy atom. The minimum Gasteiger partial charge on any atom is -0.354 e. The highest BCUT2D eigenvalue weighted by molar-refractivity contribution is 7.38. The van der Waals surface area contributed by atoms with Gasteiger partial charge in [0, 0.05) is 12.7 Å². The van der Waals surface area contributed by atoms with Crippen molar-refractivity contribution >= 4 is 13.9 Å². The Morgan fingerprint density at radius 1 is 1.82 bits per heavy atom. The summed E-state index contributed by atoms with van der Waals surface area (Å²) in [4.78, 5) is 19.1. The van der Waals surface area contributed by atoms with E-state index in [9.17, 15) is 9.36 Å². The highest BCUT2D eigenvalue weighted by Crippen LogP contribution is 2.09. The number of nitrogens with two attached hydrogens (primary N) is 1. The standard InChI is InChI=1S/C5H13N2O3P/c1-4(6)5(8)7-2-3-11(9)10/h4,11H,2-3,6H2,1H3,(H,7,8)(H,9,10)/t4-/m0/s1. The van der Waals surface area contributed by atoms with E-state index in [0.717, 1.165) is 0 Å². The zero-order chi connectivity index (χ0) is 8.85. The average Bonchev–Trinajstić information content (AvgIpc) is 1.86. The van der Waals surface area contributed by atoms with Gasteiger partial charge in [0.2, 0.25) is 5.91 Å². The van der Waals surface area contributed by atoms with Crippen LogP contribution in [-0.4, -0.2) is 29.5 Å². The van der Waals surface area contributed by atoms with E-state index in [2.05, 4.69) is 5.32 Å². The summed E-state index contributed by atoms with van der Waals surface area (Å²) < 4.78 is 10.2. The minimum absolute atomic E-state index is 0.114. The van der Waals surface area contributed by atoms with Gasteiger partial charge in [0.1, 0.15) is 0 Å². The summed E-state index contributed by atoms with van der Waals surface area (Å²) in [7, 11) is -2.46. The fourth-order valence-electron chi connectivity index (χ4n) is 0.454. The predicted molar refractivity (Wildman–Crippen MR) is 42.7 cm³/mol. The van der Waals surface area contributed by atoms with Crippen molar-refractivity contribution in [3.8, 4) is 0 Å². The van der Waals surface area contributed by atoms with Crippen LogP contribution >= 0.6 is 8.03 Å². The predicted octanol–water partition coefficient (Wildman–Crippen LogP) is -1.08. The van der Waals surface area contributed by atoms with Crippen LogP contribution in [0.25, 0.3) is 0 Å². The van der Waals surface area contributed by atoms with E-state index in [1.807, 2.05) is 0 Å². The number of amides is 1. The maximum Gasteiger partial charge on any atom is 0.236 e. The highest BCUT2D eigenvalue weighted by atomic mass is 31.1. The lowest BCUT2D eigenvalue weighted by Gasteiger charge is -2.05.